The monoisotopic (exact) mass is 471 g/mol. The van der Waals surface area contributed by atoms with E-state index in [1.54, 1.807) is 29.7 Å². The fourth-order valence-electron chi connectivity index (χ4n) is 4.55. The summed E-state index contributed by atoms with van der Waals surface area (Å²) in [7, 11) is 0. The number of amides is 1. The third-order valence-electron chi connectivity index (χ3n) is 6.37. The van der Waals surface area contributed by atoms with Crippen molar-refractivity contribution < 1.29 is 9.21 Å². The van der Waals surface area contributed by atoms with Gasteiger partial charge in [-0.15, -0.1) is 11.3 Å². The molecule has 0 saturated heterocycles. The Balaban J connectivity index is 1.60. The maximum Gasteiger partial charge on any atom is 0.291 e. The van der Waals surface area contributed by atoms with Crippen molar-refractivity contribution in [2.75, 3.05) is 10.6 Å². The maximum absolute atomic E-state index is 12.9. The van der Waals surface area contributed by atoms with Crippen molar-refractivity contribution in [3.05, 3.63) is 99.9 Å². The molecule has 34 heavy (non-hydrogen) atoms. The highest BCUT2D eigenvalue weighted by atomic mass is 32.1. The molecule has 1 aliphatic carbocycles. The van der Waals surface area contributed by atoms with Crippen LogP contribution >= 0.6 is 11.3 Å². The van der Waals surface area contributed by atoms with Gasteiger partial charge in [0.15, 0.2) is 5.76 Å². The Bertz CT molecular complexity index is 1250. The molecule has 0 saturated carbocycles. The quantitative estimate of drug-likeness (QED) is 0.299. The molecule has 3 heterocycles. The van der Waals surface area contributed by atoms with Crippen LogP contribution in [0.25, 0.3) is 0 Å². The number of nitrogens with zero attached hydrogens (tertiary/aromatic N) is 1. The molecule has 0 radical (unpaired) electrons. The van der Waals surface area contributed by atoms with E-state index < -0.39 is 0 Å². The van der Waals surface area contributed by atoms with Crippen molar-refractivity contribution in [2.24, 2.45) is 0 Å². The number of benzene rings is 1. The van der Waals surface area contributed by atoms with Crippen LogP contribution in [0.5, 0.6) is 0 Å². The van der Waals surface area contributed by atoms with Crippen LogP contribution in [0.3, 0.4) is 0 Å². The Kier molecular flexibility index (Phi) is 6.50. The molecule has 1 amide bonds. The first kappa shape index (κ1) is 22.4. The maximum atomic E-state index is 12.9. The number of aromatic nitrogens is 1. The minimum Gasteiger partial charge on any atom is -0.459 e. The van der Waals surface area contributed by atoms with Crippen molar-refractivity contribution in [2.45, 2.75) is 51.5 Å². The zero-order valence-electron chi connectivity index (χ0n) is 19.5. The first-order chi connectivity index (χ1) is 16.6. The van der Waals surface area contributed by atoms with Crippen LogP contribution < -0.4 is 10.6 Å². The molecule has 3 aromatic heterocycles. The van der Waals surface area contributed by atoms with E-state index in [9.17, 15) is 4.79 Å². The van der Waals surface area contributed by atoms with Gasteiger partial charge < -0.3 is 15.1 Å². The van der Waals surface area contributed by atoms with Gasteiger partial charge in [0.1, 0.15) is 10.8 Å². The van der Waals surface area contributed by atoms with Crippen LogP contribution in [0, 0.1) is 0 Å². The van der Waals surface area contributed by atoms with E-state index in [-0.39, 0.29) is 11.9 Å². The summed E-state index contributed by atoms with van der Waals surface area (Å²) in [5.41, 5.74) is 4.95. The number of carbonyl (C=O) groups is 1. The summed E-state index contributed by atoms with van der Waals surface area (Å²) < 4.78 is 5.35. The van der Waals surface area contributed by atoms with Gasteiger partial charge in [0.2, 0.25) is 0 Å². The molecule has 1 aliphatic rings. The number of furan rings is 1. The van der Waals surface area contributed by atoms with E-state index in [0.717, 1.165) is 41.2 Å². The van der Waals surface area contributed by atoms with Gasteiger partial charge in [-0.1, -0.05) is 44.2 Å². The van der Waals surface area contributed by atoms with E-state index >= 15 is 0 Å². The van der Waals surface area contributed by atoms with Crippen molar-refractivity contribution >= 4 is 28.1 Å². The molecule has 0 bridgehead atoms. The summed E-state index contributed by atoms with van der Waals surface area (Å²) in [5.74, 6) is 1.36. The van der Waals surface area contributed by atoms with E-state index in [0.29, 0.717) is 11.7 Å². The molecule has 0 fully saturated rings. The first-order valence-corrected chi connectivity index (χ1v) is 12.7. The zero-order chi connectivity index (χ0) is 23.5. The summed E-state index contributed by atoms with van der Waals surface area (Å²) in [6.07, 6.45) is 7.72. The first-order valence-electron chi connectivity index (χ1n) is 11.9. The molecule has 0 aliphatic heterocycles. The second-order valence-corrected chi connectivity index (χ2v) is 10.1. The van der Waals surface area contributed by atoms with Gasteiger partial charge in [0.25, 0.3) is 5.91 Å². The van der Waals surface area contributed by atoms with Crippen LogP contribution in [-0.4, -0.2) is 10.9 Å². The molecule has 4 aromatic rings. The highest BCUT2D eigenvalue weighted by molar-refractivity contribution is 7.16. The minimum absolute atomic E-state index is 0.138. The third kappa shape index (κ3) is 4.64. The molecular formula is C28H29N3O2S. The standard InChI is InChI=1S/C28H29N3O2S/c1-18(2)19-12-14-20(15-13-19)26(30-24-11-5-6-16-29-24)25-21-8-3-4-10-23(21)34-28(25)31-27(32)22-9-7-17-33-22/h5-7,9,11-18,26H,3-4,8,10H2,1-2H3,(H,29,30)(H,31,32). The zero-order valence-corrected chi connectivity index (χ0v) is 20.3. The average Bonchev–Trinajstić information content (AvgIpc) is 3.52. The molecule has 0 spiro atoms. The van der Waals surface area contributed by atoms with Crippen LogP contribution in [0.4, 0.5) is 10.8 Å². The molecular weight excluding hydrogens is 442 g/mol. The lowest BCUT2D eigenvalue weighted by Gasteiger charge is -2.24. The number of rotatable bonds is 7. The largest absolute Gasteiger partial charge is 0.459 e. The van der Waals surface area contributed by atoms with Gasteiger partial charge in [-0.3, -0.25) is 4.79 Å². The molecule has 5 rings (SSSR count). The Morgan fingerprint density at radius 3 is 2.50 bits per heavy atom. The highest BCUT2D eigenvalue weighted by Gasteiger charge is 2.29. The minimum atomic E-state index is -0.225. The molecule has 2 N–H and O–H groups in total. The molecule has 6 heteroatoms. The number of pyridine rings is 1. The Labute approximate surface area is 204 Å². The van der Waals surface area contributed by atoms with E-state index in [1.165, 1.54) is 28.7 Å². The molecule has 174 valence electrons. The topological polar surface area (TPSA) is 67.2 Å². The van der Waals surface area contributed by atoms with E-state index in [1.807, 2.05) is 18.2 Å². The Morgan fingerprint density at radius 2 is 1.79 bits per heavy atom. The van der Waals surface area contributed by atoms with Crippen LogP contribution in [0.1, 0.15) is 76.3 Å². The lowest BCUT2D eigenvalue weighted by molar-refractivity contribution is 0.0997. The van der Waals surface area contributed by atoms with Crippen LogP contribution in [-0.2, 0) is 12.8 Å². The van der Waals surface area contributed by atoms with Crippen LogP contribution in [0.2, 0.25) is 0 Å². The van der Waals surface area contributed by atoms with Gasteiger partial charge in [-0.2, -0.15) is 0 Å². The van der Waals surface area contributed by atoms with Crippen molar-refractivity contribution in [3.8, 4) is 0 Å². The summed E-state index contributed by atoms with van der Waals surface area (Å²) in [5, 5.41) is 7.71. The molecule has 5 nitrogen and oxygen atoms in total. The van der Waals surface area contributed by atoms with Gasteiger partial charge in [-0.25, -0.2) is 4.98 Å². The predicted octanol–water partition coefficient (Wildman–Crippen LogP) is 7.19. The summed E-state index contributed by atoms with van der Waals surface area (Å²) in [6, 6.07) is 18.0. The number of carbonyl (C=O) groups excluding carboxylic acids is 1. The van der Waals surface area contributed by atoms with Gasteiger partial charge in [0, 0.05) is 16.6 Å². The number of hydrogen-bond donors (Lipinski definition) is 2. The smallest absolute Gasteiger partial charge is 0.291 e. The lowest BCUT2D eigenvalue weighted by Crippen LogP contribution is -2.18. The van der Waals surface area contributed by atoms with E-state index in [4.69, 9.17) is 4.42 Å². The Morgan fingerprint density at radius 1 is 1.00 bits per heavy atom. The molecule has 1 aromatic carbocycles. The number of hydrogen-bond acceptors (Lipinski definition) is 5. The summed E-state index contributed by atoms with van der Waals surface area (Å²) in [6.45, 7) is 4.41. The molecule has 1 unspecified atom stereocenters. The normalized spacial score (nSPS) is 14.0. The van der Waals surface area contributed by atoms with Gasteiger partial charge in [0.05, 0.1) is 12.3 Å². The molecule has 1 atom stereocenters. The second-order valence-electron chi connectivity index (χ2n) is 9.00. The number of thiophene rings is 1. The number of anilines is 2. The summed E-state index contributed by atoms with van der Waals surface area (Å²) in [4.78, 5) is 18.8. The highest BCUT2D eigenvalue weighted by Crippen LogP contribution is 2.44. The average molecular weight is 472 g/mol. The lowest BCUT2D eigenvalue weighted by atomic mass is 9.88. The van der Waals surface area contributed by atoms with Gasteiger partial charge in [-0.05, 0) is 72.6 Å². The third-order valence-corrected chi connectivity index (χ3v) is 7.59. The van der Waals surface area contributed by atoms with Gasteiger partial charge >= 0.3 is 0 Å². The number of aryl methyl sites for hydroxylation is 1. The number of nitrogens with one attached hydrogen (secondary N) is 2. The second kappa shape index (κ2) is 9.85. The Hall–Kier alpha value is -3.38. The fraction of sp³-hybridized carbons (Fsp3) is 0.286. The van der Waals surface area contributed by atoms with Crippen molar-refractivity contribution in [1.82, 2.24) is 4.98 Å². The summed E-state index contributed by atoms with van der Waals surface area (Å²) >= 11 is 1.70. The predicted molar refractivity (Wildman–Crippen MR) is 138 cm³/mol. The van der Waals surface area contributed by atoms with Crippen LogP contribution in [0.15, 0.2) is 71.5 Å². The SMILES string of the molecule is CC(C)c1ccc(C(Nc2ccccn2)c2c(NC(=O)c3ccco3)sc3c2CCCC3)cc1. The van der Waals surface area contributed by atoms with Crippen molar-refractivity contribution in [1.29, 1.82) is 0 Å². The van der Waals surface area contributed by atoms with Crippen molar-refractivity contribution in [3.63, 3.8) is 0 Å². The van der Waals surface area contributed by atoms with E-state index in [2.05, 4.69) is 53.7 Å². The number of fused-ring (bicyclic) bond motifs is 1. The fourth-order valence-corrected chi connectivity index (χ4v) is 5.88.